The molecule has 0 unspecified atom stereocenters. The van der Waals surface area contributed by atoms with Gasteiger partial charge >= 0.3 is 6.03 Å². The fraction of sp³-hybridized carbons (Fsp3) is 0.158. The fourth-order valence-electron chi connectivity index (χ4n) is 2.65. The molecule has 1 heterocycles. The Balaban J connectivity index is 1.90. The molecule has 1 fully saturated rings. The van der Waals surface area contributed by atoms with E-state index in [1.54, 1.807) is 18.2 Å². The normalized spacial score (nSPS) is 15.3. The van der Waals surface area contributed by atoms with Gasteiger partial charge in [-0.3, -0.25) is 9.69 Å². The van der Waals surface area contributed by atoms with Crippen LogP contribution in [0.4, 0.5) is 9.18 Å². The average Bonchev–Trinajstić information content (AvgIpc) is 2.92. The minimum absolute atomic E-state index is 0.0328. The topological polar surface area (TPSA) is 67.9 Å². The van der Waals surface area contributed by atoms with Crippen LogP contribution in [-0.4, -0.2) is 31.1 Å². The van der Waals surface area contributed by atoms with Gasteiger partial charge in [0, 0.05) is 11.6 Å². The largest absolute Gasteiger partial charge is 0.493 e. The molecule has 8 heteroatoms. The Morgan fingerprint density at radius 3 is 2.48 bits per heavy atom. The number of carbonyl (C=O) groups is 2. The van der Waals surface area contributed by atoms with Gasteiger partial charge in [-0.2, -0.15) is 0 Å². The molecule has 2 aromatic rings. The molecule has 0 saturated carbocycles. The van der Waals surface area contributed by atoms with E-state index in [1.807, 2.05) is 0 Å². The second kappa shape index (κ2) is 7.67. The molecule has 0 spiro atoms. The third-order valence-corrected chi connectivity index (χ3v) is 4.38. The van der Waals surface area contributed by atoms with Gasteiger partial charge in [0.15, 0.2) is 11.5 Å². The molecule has 0 bridgehead atoms. The lowest BCUT2D eigenvalue weighted by molar-refractivity contribution is -0.123. The second-order valence-corrected chi connectivity index (χ2v) is 6.11. The zero-order valence-corrected chi connectivity index (χ0v) is 15.3. The van der Waals surface area contributed by atoms with Crippen molar-refractivity contribution in [2.24, 2.45) is 0 Å². The SMILES string of the molecule is COc1cc(Cl)c(/C=C2/NC(=O)N(Cc3ccccc3F)C2=O)cc1OC. The van der Waals surface area contributed by atoms with Crippen LogP contribution in [0.3, 0.4) is 0 Å². The number of amides is 3. The van der Waals surface area contributed by atoms with Crippen molar-refractivity contribution in [3.8, 4) is 11.5 Å². The Hall–Kier alpha value is -3.06. The molecule has 0 aromatic heterocycles. The van der Waals surface area contributed by atoms with Crippen molar-refractivity contribution in [3.05, 3.63) is 64.1 Å². The summed E-state index contributed by atoms with van der Waals surface area (Å²) in [4.78, 5) is 25.7. The maximum atomic E-state index is 13.8. The van der Waals surface area contributed by atoms with E-state index in [-0.39, 0.29) is 17.8 Å². The van der Waals surface area contributed by atoms with Crippen LogP contribution in [-0.2, 0) is 11.3 Å². The lowest BCUT2D eigenvalue weighted by Crippen LogP contribution is -2.30. The molecule has 1 N–H and O–H groups in total. The Morgan fingerprint density at radius 2 is 1.81 bits per heavy atom. The highest BCUT2D eigenvalue weighted by Gasteiger charge is 2.34. The van der Waals surface area contributed by atoms with Crippen molar-refractivity contribution in [3.63, 3.8) is 0 Å². The summed E-state index contributed by atoms with van der Waals surface area (Å²) in [6, 6.07) is 8.47. The highest BCUT2D eigenvalue weighted by atomic mass is 35.5. The number of ether oxygens (including phenoxy) is 2. The predicted molar refractivity (Wildman–Crippen MR) is 98.0 cm³/mol. The van der Waals surface area contributed by atoms with Crippen molar-refractivity contribution < 1.29 is 23.5 Å². The van der Waals surface area contributed by atoms with Crippen LogP contribution in [0.25, 0.3) is 6.08 Å². The highest BCUT2D eigenvalue weighted by Crippen LogP contribution is 2.34. The van der Waals surface area contributed by atoms with Crippen LogP contribution in [0, 0.1) is 5.82 Å². The molecule has 27 heavy (non-hydrogen) atoms. The summed E-state index contributed by atoms with van der Waals surface area (Å²) < 4.78 is 24.2. The van der Waals surface area contributed by atoms with Crippen LogP contribution in [0.15, 0.2) is 42.1 Å². The number of benzene rings is 2. The zero-order valence-electron chi connectivity index (χ0n) is 14.6. The lowest BCUT2D eigenvalue weighted by Gasteiger charge is -2.12. The molecule has 0 aliphatic carbocycles. The number of halogens is 2. The summed E-state index contributed by atoms with van der Waals surface area (Å²) in [7, 11) is 2.95. The van der Waals surface area contributed by atoms with Gasteiger partial charge in [0.2, 0.25) is 0 Å². The van der Waals surface area contributed by atoms with Gasteiger partial charge in [-0.05, 0) is 23.8 Å². The minimum Gasteiger partial charge on any atom is -0.493 e. The van der Waals surface area contributed by atoms with E-state index in [0.29, 0.717) is 22.1 Å². The Bertz CT molecular complexity index is 945. The number of methoxy groups -OCH3 is 2. The Kier molecular flexibility index (Phi) is 5.32. The third-order valence-electron chi connectivity index (χ3n) is 4.05. The molecule has 6 nitrogen and oxygen atoms in total. The summed E-state index contributed by atoms with van der Waals surface area (Å²) in [5.41, 5.74) is 0.738. The number of hydrogen-bond acceptors (Lipinski definition) is 4. The minimum atomic E-state index is -0.633. The number of nitrogens with one attached hydrogen (secondary N) is 1. The van der Waals surface area contributed by atoms with E-state index in [2.05, 4.69) is 5.32 Å². The summed E-state index contributed by atoms with van der Waals surface area (Å²) in [6.45, 7) is -0.172. The fourth-order valence-corrected chi connectivity index (χ4v) is 2.86. The Labute approximate surface area is 160 Å². The van der Waals surface area contributed by atoms with Crippen LogP contribution >= 0.6 is 11.6 Å². The molecule has 1 aliphatic rings. The molecule has 3 rings (SSSR count). The van der Waals surface area contributed by atoms with E-state index in [4.69, 9.17) is 21.1 Å². The number of carbonyl (C=O) groups excluding carboxylic acids is 2. The van der Waals surface area contributed by atoms with Crippen molar-refractivity contribution in [2.75, 3.05) is 14.2 Å². The number of rotatable bonds is 5. The van der Waals surface area contributed by atoms with Crippen LogP contribution < -0.4 is 14.8 Å². The highest BCUT2D eigenvalue weighted by molar-refractivity contribution is 6.32. The van der Waals surface area contributed by atoms with Crippen LogP contribution in [0.5, 0.6) is 11.5 Å². The van der Waals surface area contributed by atoms with Gasteiger partial charge in [-0.1, -0.05) is 29.8 Å². The second-order valence-electron chi connectivity index (χ2n) is 5.70. The summed E-state index contributed by atoms with van der Waals surface area (Å²) in [6.07, 6.45) is 1.44. The monoisotopic (exact) mass is 390 g/mol. The summed E-state index contributed by atoms with van der Waals surface area (Å²) >= 11 is 6.22. The summed E-state index contributed by atoms with van der Waals surface area (Å²) in [5, 5.41) is 2.80. The molecule has 1 saturated heterocycles. The van der Waals surface area contributed by atoms with Crippen LogP contribution in [0.2, 0.25) is 5.02 Å². The smallest absolute Gasteiger partial charge is 0.329 e. The van der Waals surface area contributed by atoms with E-state index in [0.717, 1.165) is 4.90 Å². The van der Waals surface area contributed by atoms with Gasteiger partial charge in [0.1, 0.15) is 11.5 Å². The maximum Gasteiger partial charge on any atom is 0.329 e. The van der Waals surface area contributed by atoms with Gasteiger partial charge < -0.3 is 14.8 Å². The molecule has 0 radical (unpaired) electrons. The number of urea groups is 1. The molecule has 0 atom stereocenters. The van der Waals surface area contributed by atoms with E-state index in [9.17, 15) is 14.0 Å². The first kappa shape index (κ1) is 18.7. The van der Waals surface area contributed by atoms with Gasteiger partial charge in [-0.25, -0.2) is 9.18 Å². The third kappa shape index (κ3) is 3.73. The van der Waals surface area contributed by atoms with E-state index in [1.165, 1.54) is 38.5 Å². The standard InChI is InChI=1S/C19H16ClFN2O4/c1-26-16-8-12(13(20)9-17(16)27-2)7-15-18(24)23(19(25)22-15)10-11-5-3-4-6-14(11)21/h3-9H,10H2,1-2H3,(H,22,25)/b15-7+. The molecular formula is C19H16ClFN2O4. The van der Waals surface area contributed by atoms with E-state index < -0.39 is 17.8 Å². The van der Waals surface area contributed by atoms with Gasteiger partial charge in [-0.15, -0.1) is 0 Å². The number of imide groups is 1. The molecular weight excluding hydrogens is 375 g/mol. The first-order valence-electron chi connectivity index (χ1n) is 7.94. The van der Waals surface area contributed by atoms with Crippen LogP contribution in [0.1, 0.15) is 11.1 Å². The average molecular weight is 391 g/mol. The first-order valence-corrected chi connectivity index (χ1v) is 8.32. The first-order chi connectivity index (χ1) is 12.9. The van der Waals surface area contributed by atoms with Crippen molar-refractivity contribution >= 4 is 29.6 Å². The number of nitrogens with zero attached hydrogens (tertiary/aromatic N) is 1. The molecule has 2 aromatic carbocycles. The van der Waals surface area contributed by atoms with Crippen molar-refractivity contribution in [2.45, 2.75) is 6.54 Å². The maximum absolute atomic E-state index is 13.8. The van der Waals surface area contributed by atoms with Crippen molar-refractivity contribution in [1.29, 1.82) is 0 Å². The molecule has 140 valence electrons. The van der Waals surface area contributed by atoms with E-state index >= 15 is 0 Å². The van der Waals surface area contributed by atoms with Crippen molar-refractivity contribution in [1.82, 2.24) is 10.2 Å². The van der Waals surface area contributed by atoms with Gasteiger partial charge in [0.05, 0.1) is 25.8 Å². The molecule has 1 aliphatic heterocycles. The lowest BCUT2D eigenvalue weighted by atomic mass is 10.1. The quantitative estimate of drug-likeness (QED) is 0.625. The molecule has 3 amide bonds. The summed E-state index contributed by atoms with van der Waals surface area (Å²) in [5.74, 6) is -0.200. The zero-order chi connectivity index (χ0) is 19.6. The van der Waals surface area contributed by atoms with Gasteiger partial charge in [0.25, 0.3) is 5.91 Å². The Morgan fingerprint density at radius 1 is 1.15 bits per heavy atom. The number of hydrogen-bond donors (Lipinski definition) is 1. The predicted octanol–water partition coefficient (Wildman–Crippen LogP) is 3.59.